The third-order valence-corrected chi connectivity index (χ3v) is 6.45. The standard InChI is InChI=1S/C29H46O2/c1-21(2)11-9-13-24(7)17-18-29(27(30)14-10-12-22(3)4)20-26(16-15-23(5)6)25(8)19-28(29)31/h11-12,15,17,19,26-27,30H,9-10,13-14,16,18,20H2,1-8H3/b24-17+/t26-,27?,29-/m0/s1. The lowest BCUT2D eigenvalue weighted by atomic mass is 9.63. The number of carbonyl (C=O) groups excluding carboxylic acids is 1. The van der Waals surface area contributed by atoms with Crippen molar-refractivity contribution in [3.05, 3.63) is 58.2 Å². The number of rotatable bonds is 11. The molecule has 1 aliphatic rings. The fraction of sp³-hybridized carbons (Fsp3) is 0.621. The Hall–Kier alpha value is -1.67. The monoisotopic (exact) mass is 426 g/mol. The number of hydrogen-bond donors (Lipinski definition) is 1. The van der Waals surface area contributed by atoms with E-state index < -0.39 is 11.5 Å². The molecule has 0 radical (unpaired) electrons. The molecule has 174 valence electrons. The highest BCUT2D eigenvalue weighted by molar-refractivity contribution is 5.97. The van der Waals surface area contributed by atoms with E-state index in [-0.39, 0.29) is 5.78 Å². The number of hydrogen-bond acceptors (Lipinski definition) is 2. The Kier molecular flexibility index (Phi) is 11.5. The first-order valence-corrected chi connectivity index (χ1v) is 11.9. The fourth-order valence-electron chi connectivity index (χ4n) is 4.29. The molecule has 31 heavy (non-hydrogen) atoms. The average molecular weight is 427 g/mol. The summed E-state index contributed by atoms with van der Waals surface area (Å²) in [5, 5.41) is 11.3. The predicted molar refractivity (Wildman–Crippen MR) is 135 cm³/mol. The third kappa shape index (κ3) is 9.15. The smallest absolute Gasteiger partial charge is 0.164 e. The van der Waals surface area contributed by atoms with Crippen LogP contribution in [0.1, 0.15) is 100 Å². The van der Waals surface area contributed by atoms with Gasteiger partial charge in [-0.1, -0.05) is 52.2 Å². The Bertz CT molecular complexity index is 748. The molecular weight excluding hydrogens is 380 g/mol. The summed E-state index contributed by atoms with van der Waals surface area (Å²) in [6, 6.07) is 0. The number of ketones is 1. The van der Waals surface area contributed by atoms with Crippen LogP contribution in [0.3, 0.4) is 0 Å². The van der Waals surface area contributed by atoms with Crippen LogP contribution >= 0.6 is 0 Å². The van der Waals surface area contributed by atoms with Crippen molar-refractivity contribution < 1.29 is 9.90 Å². The molecule has 0 amide bonds. The van der Waals surface area contributed by atoms with Crippen molar-refractivity contribution in [2.75, 3.05) is 0 Å². The van der Waals surface area contributed by atoms with Gasteiger partial charge in [-0.15, -0.1) is 0 Å². The van der Waals surface area contributed by atoms with E-state index >= 15 is 0 Å². The first kappa shape index (κ1) is 27.4. The van der Waals surface area contributed by atoms with Crippen molar-refractivity contribution in [2.45, 2.75) is 106 Å². The minimum absolute atomic E-state index is 0.108. The molecule has 1 rings (SSSR count). The normalized spacial score (nSPS) is 22.5. The maximum absolute atomic E-state index is 13.4. The van der Waals surface area contributed by atoms with Crippen molar-refractivity contribution in [3.8, 4) is 0 Å². The van der Waals surface area contributed by atoms with Gasteiger partial charge in [0, 0.05) is 0 Å². The highest BCUT2D eigenvalue weighted by atomic mass is 16.3. The maximum atomic E-state index is 13.4. The van der Waals surface area contributed by atoms with Crippen LogP contribution < -0.4 is 0 Å². The molecule has 0 fully saturated rings. The van der Waals surface area contributed by atoms with E-state index in [9.17, 15) is 9.90 Å². The second-order valence-electron chi connectivity index (χ2n) is 10.3. The third-order valence-electron chi connectivity index (χ3n) is 6.45. The lowest BCUT2D eigenvalue weighted by Crippen LogP contribution is -2.45. The minimum Gasteiger partial charge on any atom is -0.392 e. The van der Waals surface area contributed by atoms with E-state index in [1.165, 1.54) is 22.3 Å². The molecule has 0 aliphatic heterocycles. The van der Waals surface area contributed by atoms with Gasteiger partial charge in [0.15, 0.2) is 5.78 Å². The van der Waals surface area contributed by atoms with E-state index in [0.29, 0.717) is 18.8 Å². The van der Waals surface area contributed by atoms with Gasteiger partial charge in [0.25, 0.3) is 0 Å². The van der Waals surface area contributed by atoms with E-state index in [2.05, 4.69) is 79.7 Å². The van der Waals surface area contributed by atoms with Crippen LogP contribution in [0.25, 0.3) is 0 Å². The van der Waals surface area contributed by atoms with Crippen molar-refractivity contribution in [1.82, 2.24) is 0 Å². The summed E-state index contributed by atoms with van der Waals surface area (Å²) < 4.78 is 0. The first-order chi connectivity index (χ1) is 14.5. The molecule has 0 saturated heterocycles. The van der Waals surface area contributed by atoms with Crippen LogP contribution in [-0.2, 0) is 4.79 Å². The molecule has 1 N–H and O–H groups in total. The summed E-state index contributed by atoms with van der Waals surface area (Å²) in [5.74, 6) is 0.418. The highest BCUT2D eigenvalue weighted by Gasteiger charge is 2.46. The van der Waals surface area contributed by atoms with Crippen molar-refractivity contribution in [1.29, 1.82) is 0 Å². The lowest BCUT2D eigenvalue weighted by molar-refractivity contribution is -0.133. The molecule has 0 bridgehead atoms. The van der Waals surface area contributed by atoms with E-state index in [0.717, 1.165) is 37.7 Å². The van der Waals surface area contributed by atoms with Crippen LogP contribution in [-0.4, -0.2) is 17.0 Å². The SMILES string of the molecule is CC(C)=CCC/C(C)=C/C[C@@]1(C(O)CCC=C(C)C)C[C@H](CC=C(C)C)C(C)=CC1=O. The Morgan fingerprint density at radius 2 is 1.58 bits per heavy atom. The number of carbonyl (C=O) groups is 1. The highest BCUT2D eigenvalue weighted by Crippen LogP contribution is 2.45. The van der Waals surface area contributed by atoms with Gasteiger partial charge in [0.05, 0.1) is 11.5 Å². The van der Waals surface area contributed by atoms with Gasteiger partial charge >= 0.3 is 0 Å². The summed E-state index contributed by atoms with van der Waals surface area (Å²) in [6.45, 7) is 16.9. The molecule has 1 aliphatic carbocycles. The molecule has 0 aromatic carbocycles. The van der Waals surface area contributed by atoms with Crippen LogP contribution in [0.5, 0.6) is 0 Å². The molecule has 2 nitrogen and oxygen atoms in total. The van der Waals surface area contributed by atoms with Gasteiger partial charge in [0.1, 0.15) is 0 Å². The van der Waals surface area contributed by atoms with Crippen molar-refractivity contribution >= 4 is 5.78 Å². The molecule has 1 unspecified atom stereocenters. The van der Waals surface area contributed by atoms with Crippen LogP contribution in [0.2, 0.25) is 0 Å². The maximum Gasteiger partial charge on any atom is 0.164 e. The van der Waals surface area contributed by atoms with E-state index in [1.807, 2.05) is 6.08 Å². The van der Waals surface area contributed by atoms with Gasteiger partial charge in [-0.05, 0) is 112 Å². The summed E-state index contributed by atoms with van der Waals surface area (Å²) in [4.78, 5) is 13.4. The zero-order chi connectivity index (χ0) is 23.6. The molecular formula is C29H46O2. The first-order valence-electron chi connectivity index (χ1n) is 11.9. The van der Waals surface area contributed by atoms with Crippen LogP contribution in [0, 0.1) is 11.3 Å². The quantitative estimate of drug-likeness (QED) is 0.339. The molecule has 2 heteroatoms. The van der Waals surface area contributed by atoms with Gasteiger partial charge in [-0.2, -0.15) is 0 Å². The average Bonchev–Trinajstić information content (AvgIpc) is 2.66. The van der Waals surface area contributed by atoms with Gasteiger partial charge < -0.3 is 5.11 Å². The van der Waals surface area contributed by atoms with Crippen molar-refractivity contribution in [3.63, 3.8) is 0 Å². The fourth-order valence-corrected chi connectivity index (χ4v) is 4.29. The second-order valence-corrected chi connectivity index (χ2v) is 10.3. The van der Waals surface area contributed by atoms with Crippen molar-refractivity contribution in [2.24, 2.45) is 11.3 Å². The Labute approximate surface area is 191 Å². The molecule has 0 heterocycles. The predicted octanol–water partition coefficient (Wildman–Crippen LogP) is 8.05. The number of aliphatic hydroxyl groups excluding tert-OH is 1. The summed E-state index contributed by atoms with van der Waals surface area (Å²) in [5.41, 5.74) is 5.63. The van der Waals surface area contributed by atoms with Gasteiger partial charge in [0.2, 0.25) is 0 Å². The molecule has 3 atom stereocenters. The molecule has 0 spiro atoms. The zero-order valence-electron chi connectivity index (χ0n) is 21.3. The molecule has 0 aromatic rings. The summed E-state index contributed by atoms with van der Waals surface area (Å²) >= 11 is 0. The van der Waals surface area contributed by atoms with Gasteiger partial charge in [-0.3, -0.25) is 4.79 Å². The Morgan fingerprint density at radius 3 is 2.16 bits per heavy atom. The summed E-state index contributed by atoms with van der Waals surface area (Å²) in [6.07, 6.45) is 15.8. The second kappa shape index (κ2) is 13.0. The number of aliphatic hydroxyl groups is 1. The van der Waals surface area contributed by atoms with Crippen LogP contribution in [0.15, 0.2) is 58.2 Å². The molecule has 0 saturated carbocycles. The number of allylic oxidation sites excluding steroid dienone is 10. The van der Waals surface area contributed by atoms with E-state index in [1.54, 1.807) is 0 Å². The Morgan fingerprint density at radius 1 is 1.00 bits per heavy atom. The Balaban J connectivity index is 3.17. The topological polar surface area (TPSA) is 37.3 Å². The van der Waals surface area contributed by atoms with Gasteiger partial charge in [-0.25, -0.2) is 0 Å². The van der Waals surface area contributed by atoms with Crippen LogP contribution in [0.4, 0.5) is 0 Å². The largest absolute Gasteiger partial charge is 0.392 e. The minimum atomic E-state index is -0.715. The zero-order valence-corrected chi connectivity index (χ0v) is 21.3. The van der Waals surface area contributed by atoms with E-state index in [4.69, 9.17) is 0 Å². The lowest BCUT2D eigenvalue weighted by Gasteiger charge is -2.41. The summed E-state index contributed by atoms with van der Waals surface area (Å²) in [7, 11) is 0. The molecule has 0 aromatic heterocycles.